The fraction of sp³-hybridized carbons (Fsp3) is 0.467. The molecule has 4 nitrogen and oxygen atoms in total. The summed E-state index contributed by atoms with van der Waals surface area (Å²) in [6.07, 6.45) is 2.75. The average Bonchev–Trinajstić information content (AvgIpc) is 2.31. The predicted molar refractivity (Wildman–Crippen MR) is 74.4 cm³/mol. The van der Waals surface area contributed by atoms with Crippen LogP contribution in [0.15, 0.2) is 33.4 Å². The highest BCUT2D eigenvalue weighted by Crippen LogP contribution is 2.53. The summed E-state index contributed by atoms with van der Waals surface area (Å²) in [7, 11) is 3.27. The Balaban J connectivity index is 2.46. The number of hydrogen-bond donors (Lipinski definition) is 0. The van der Waals surface area contributed by atoms with Crippen LogP contribution in [-0.4, -0.2) is 9.13 Å². The summed E-state index contributed by atoms with van der Waals surface area (Å²) in [4.78, 5) is 24.5. The summed E-state index contributed by atoms with van der Waals surface area (Å²) >= 11 is 0. The minimum absolute atomic E-state index is 0.165. The lowest BCUT2D eigenvalue weighted by molar-refractivity contribution is 0.360. The van der Waals surface area contributed by atoms with Crippen LogP contribution < -0.4 is 11.2 Å². The van der Waals surface area contributed by atoms with Crippen LogP contribution in [0.4, 0.5) is 0 Å². The Kier molecular flexibility index (Phi) is 2.17. The smallest absolute Gasteiger partial charge is 0.300 e. The lowest BCUT2D eigenvalue weighted by Crippen LogP contribution is -2.53. The molecule has 0 bridgehead atoms. The summed E-state index contributed by atoms with van der Waals surface area (Å²) < 4.78 is 2.79. The minimum Gasteiger partial charge on any atom is -0.300 e. The van der Waals surface area contributed by atoms with Gasteiger partial charge in [0.1, 0.15) is 0 Å². The van der Waals surface area contributed by atoms with Gasteiger partial charge >= 0.3 is 5.69 Å². The topological polar surface area (TPSA) is 44.0 Å². The molecule has 3 rings (SSSR count). The van der Waals surface area contributed by atoms with E-state index >= 15 is 0 Å². The molecule has 2 aliphatic carbocycles. The normalized spacial score (nSPS) is 28.3. The number of fused-ring (bicyclic) bond motifs is 3. The molecule has 2 atom stereocenters. The zero-order valence-electron chi connectivity index (χ0n) is 11.8. The fourth-order valence-electron chi connectivity index (χ4n) is 3.93. The zero-order valence-corrected chi connectivity index (χ0v) is 11.8. The lowest BCUT2D eigenvalue weighted by Gasteiger charge is -2.49. The van der Waals surface area contributed by atoms with E-state index in [0.29, 0.717) is 6.42 Å². The van der Waals surface area contributed by atoms with Crippen molar-refractivity contribution < 1.29 is 0 Å². The Morgan fingerprint density at radius 3 is 2.53 bits per heavy atom. The molecule has 19 heavy (non-hydrogen) atoms. The van der Waals surface area contributed by atoms with Crippen molar-refractivity contribution in [1.29, 1.82) is 0 Å². The van der Waals surface area contributed by atoms with Crippen LogP contribution >= 0.6 is 0 Å². The number of aromatic nitrogens is 2. The van der Waals surface area contributed by atoms with E-state index in [4.69, 9.17) is 0 Å². The summed E-state index contributed by atoms with van der Waals surface area (Å²) in [5, 5.41) is 0. The Hall–Kier alpha value is -1.84. The van der Waals surface area contributed by atoms with E-state index in [0.717, 1.165) is 16.8 Å². The van der Waals surface area contributed by atoms with Crippen LogP contribution in [-0.2, 0) is 25.9 Å². The summed E-state index contributed by atoms with van der Waals surface area (Å²) in [5.41, 5.74) is 3.23. The summed E-state index contributed by atoms with van der Waals surface area (Å²) in [5.74, 6) is 0.241. The molecule has 100 valence electrons. The second-order valence-corrected chi connectivity index (χ2v) is 5.97. The van der Waals surface area contributed by atoms with Gasteiger partial charge in [0, 0.05) is 43.1 Å². The molecule has 4 heteroatoms. The van der Waals surface area contributed by atoms with Crippen molar-refractivity contribution in [2.45, 2.75) is 25.7 Å². The third-order valence-electron chi connectivity index (χ3n) is 4.71. The number of allylic oxidation sites excluding steroid dienone is 3. The molecule has 0 saturated heterocycles. The van der Waals surface area contributed by atoms with Crippen LogP contribution in [0.2, 0.25) is 0 Å². The largest absolute Gasteiger partial charge is 0.330 e. The van der Waals surface area contributed by atoms with E-state index in [2.05, 4.69) is 26.5 Å². The summed E-state index contributed by atoms with van der Waals surface area (Å²) in [6.45, 7) is 8.30. The van der Waals surface area contributed by atoms with Crippen molar-refractivity contribution >= 4 is 0 Å². The van der Waals surface area contributed by atoms with Crippen molar-refractivity contribution in [2.75, 3.05) is 0 Å². The van der Waals surface area contributed by atoms with Crippen molar-refractivity contribution in [3.63, 3.8) is 0 Å². The predicted octanol–water partition coefficient (Wildman–Crippen LogP) is 1.03. The highest BCUT2D eigenvalue weighted by molar-refractivity contribution is 5.53. The van der Waals surface area contributed by atoms with Gasteiger partial charge in [-0.3, -0.25) is 13.9 Å². The maximum Gasteiger partial charge on any atom is 0.330 e. The van der Waals surface area contributed by atoms with E-state index in [1.807, 2.05) is 0 Å². The monoisotopic (exact) mass is 258 g/mol. The minimum atomic E-state index is -0.297. The Morgan fingerprint density at radius 1 is 1.32 bits per heavy atom. The second-order valence-electron chi connectivity index (χ2n) is 5.97. The van der Waals surface area contributed by atoms with Gasteiger partial charge in [0.15, 0.2) is 0 Å². The van der Waals surface area contributed by atoms with Crippen molar-refractivity contribution in [1.82, 2.24) is 9.13 Å². The van der Waals surface area contributed by atoms with Crippen LogP contribution in [0.1, 0.15) is 25.1 Å². The number of hydrogen-bond acceptors (Lipinski definition) is 2. The molecule has 0 N–H and O–H groups in total. The van der Waals surface area contributed by atoms with Gasteiger partial charge < -0.3 is 0 Å². The first-order valence-corrected chi connectivity index (χ1v) is 6.45. The van der Waals surface area contributed by atoms with E-state index in [1.165, 1.54) is 10.1 Å². The van der Waals surface area contributed by atoms with E-state index in [9.17, 15) is 9.59 Å². The summed E-state index contributed by atoms with van der Waals surface area (Å²) in [6, 6.07) is 0. The molecular formula is C15H18N2O2. The molecule has 0 unspecified atom stereocenters. The standard InChI is InChI=1S/C15H18N2O2/c1-8-6-10-12(15(3)7-9(2)11(8)15)13(18)17(5)14(19)16(10)4/h7,11H,1,6H2,2-5H3/t11-,15+/m1/s1. The van der Waals surface area contributed by atoms with E-state index in [1.54, 1.807) is 18.7 Å². The molecule has 1 aromatic heterocycles. The molecule has 1 aromatic rings. The van der Waals surface area contributed by atoms with E-state index in [-0.39, 0.29) is 22.6 Å². The van der Waals surface area contributed by atoms with Gasteiger partial charge in [0.25, 0.3) is 5.56 Å². The Labute approximate surface area is 111 Å². The first-order valence-electron chi connectivity index (χ1n) is 6.45. The van der Waals surface area contributed by atoms with Gasteiger partial charge in [-0.15, -0.1) is 0 Å². The molecule has 0 aromatic carbocycles. The van der Waals surface area contributed by atoms with Gasteiger partial charge in [-0.1, -0.05) is 30.7 Å². The zero-order chi connectivity index (χ0) is 14.1. The molecular weight excluding hydrogens is 240 g/mol. The first-order chi connectivity index (χ1) is 8.79. The fourth-order valence-corrected chi connectivity index (χ4v) is 3.93. The molecule has 0 fully saturated rings. The van der Waals surface area contributed by atoms with Crippen LogP contribution in [0.25, 0.3) is 0 Å². The Morgan fingerprint density at radius 2 is 1.95 bits per heavy atom. The van der Waals surface area contributed by atoms with Crippen LogP contribution in [0.3, 0.4) is 0 Å². The maximum atomic E-state index is 12.5. The third kappa shape index (κ3) is 1.24. The van der Waals surface area contributed by atoms with Gasteiger partial charge in [-0.05, 0) is 6.92 Å². The number of rotatable bonds is 0. The maximum absolute atomic E-state index is 12.5. The SMILES string of the molecule is C=C1Cc2c(c(=O)n(C)c(=O)n2C)[C@@]2(C)C=C(C)[C@@H]12. The van der Waals surface area contributed by atoms with E-state index < -0.39 is 0 Å². The van der Waals surface area contributed by atoms with Crippen molar-refractivity contribution in [2.24, 2.45) is 20.0 Å². The number of nitrogens with zero attached hydrogens (tertiary/aromatic N) is 2. The molecule has 0 aliphatic heterocycles. The van der Waals surface area contributed by atoms with Gasteiger partial charge in [-0.25, -0.2) is 4.79 Å². The van der Waals surface area contributed by atoms with Crippen molar-refractivity contribution in [3.05, 3.63) is 55.9 Å². The molecule has 0 spiro atoms. The van der Waals surface area contributed by atoms with Gasteiger partial charge in [0.2, 0.25) is 0 Å². The lowest BCUT2D eigenvalue weighted by atomic mass is 9.54. The van der Waals surface area contributed by atoms with Crippen LogP contribution in [0.5, 0.6) is 0 Å². The molecule has 0 radical (unpaired) electrons. The second kappa shape index (κ2) is 3.38. The molecule has 1 heterocycles. The highest BCUT2D eigenvalue weighted by atomic mass is 16.2. The van der Waals surface area contributed by atoms with Gasteiger partial charge in [0.05, 0.1) is 0 Å². The molecule has 0 amide bonds. The first kappa shape index (κ1) is 12.2. The third-order valence-corrected chi connectivity index (χ3v) is 4.71. The van der Waals surface area contributed by atoms with Gasteiger partial charge in [-0.2, -0.15) is 0 Å². The van der Waals surface area contributed by atoms with Crippen LogP contribution in [0, 0.1) is 5.92 Å². The highest BCUT2D eigenvalue weighted by Gasteiger charge is 2.50. The average molecular weight is 258 g/mol. The Bertz CT molecular complexity index is 764. The van der Waals surface area contributed by atoms with Crippen molar-refractivity contribution in [3.8, 4) is 0 Å². The molecule has 2 aliphatic rings. The molecule has 0 saturated carbocycles. The quantitative estimate of drug-likeness (QED) is 0.652.